The standard InChI is InChI=1S/C22H29N3O4S.ClH/c1-19-6-5-9-21(16-19)29-18-22(26)23-10-15-30(27,28)25-13-11-24(12-14-25)17-20-7-3-2-4-8-20;/h2-9,16H,10-15,17-18H2,1H3,(H,23,26);1H. The Bertz CT molecular complexity index is 933. The molecule has 7 nitrogen and oxygen atoms in total. The Balaban J connectivity index is 0.00000341. The Morgan fingerprint density at radius 2 is 1.74 bits per heavy atom. The lowest BCUT2D eigenvalue weighted by molar-refractivity contribution is -0.122. The molecular weight excluding hydrogens is 438 g/mol. The van der Waals surface area contributed by atoms with Gasteiger partial charge >= 0.3 is 0 Å². The minimum atomic E-state index is -3.40. The first kappa shape index (κ1) is 25.1. The van der Waals surface area contributed by atoms with Crippen LogP contribution in [0.5, 0.6) is 5.75 Å². The van der Waals surface area contributed by atoms with Gasteiger partial charge in [0.2, 0.25) is 10.0 Å². The second-order valence-electron chi connectivity index (χ2n) is 7.43. The second kappa shape index (κ2) is 12.0. The van der Waals surface area contributed by atoms with E-state index in [0.717, 1.165) is 12.1 Å². The fraction of sp³-hybridized carbons (Fsp3) is 0.409. The van der Waals surface area contributed by atoms with Crippen molar-refractivity contribution in [1.29, 1.82) is 0 Å². The van der Waals surface area contributed by atoms with Gasteiger partial charge in [-0.3, -0.25) is 9.69 Å². The fourth-order valence-electron chi connectivity index (χ4n) is 3.36. The van der Waals surface area contributed by atoms with Crippen molar-refractivity contribution in [1.82, 2.24) is 14.5 Å². The summed E-state index contributed by atoms with van der Waals surface area (Å²) in [5.74, 6) is 0.174. The van der Waals surface area contributed by atoms with Gasteiger partial charge in [0.1, 0.15) is 5.75 Å². The summed E-state index contributed by atoms with van der Waals surface area (Å²) < 4.78 is 32.1. The number of nitrogens with one attached hydrogen (secondary N) is 1. The van der Waals surface area contributed by atoms with Crippen LogP contribution in [-0.2, 0) is 21.4 Å². The number of amides is 1. The van der Waals surface area contributed by atoms with Crippen molar-refractivity contribution in [3.8, 4) is 5.75 Å². The highest BCUT2D eigenvalue weighted by molar-refractivity contribution is 7.89. The Labute approximate surface area is 190 Å². The summed E-state index contributed by atoms with van der Waals surface area (Å²) >= 11 is 0. The lowest BCUT2D eigenvalue weighted by atomic mass is 10.2. The van der Waals surface area contributed by atoms with E-state index >= 15 is 0 Å². The molecule has 0 aromatic heterocycles. The summed E-state index contributed by atoms with van der Waals surface area (Å²) in [6.45, 7) is 5.05. The number of carbonyl (C=O) groups excluding carboxylic acids is 1. The van der Waals surface area contributed by atoms with Gasteiger partial charge in [-0.25, -0.2) is 8.42 Å². The molecular formula is C22H30ClN3O4S. The first-order chi connectivity index (χ1) is 14.4. The van der Waals surface area contributed by atoms with Gasteiger partial charge in [-0.1, -0.05) is 42.5 Å². The quantitative estimate of drug-likeness (QED) is 0.610. The average molecular weight is 468 g/mol. The zero-order valence-electron chi connectivity index (χ0n) is 17.7. The number of carbonyl (C=O) groups is 1. The molecule has 0 radical (unpaired) electrons. The number of piperazine rings is 1. The van der Waals surface area contributed by atoms with E-state index in [0.29, 0.717) is 31.9 Å². The molecule has 1 saturated heterocycles. The third-order valence-electron chi connectivity index (χ3n) is 5.02. The van der Waals surface area contributed by atoms with Crippen molar-refractivity contribution < 1.29 is 17.9 Å². The number of sulfonamides is 1. The summed E-state index contributed by atoms with van der Waals surface area (Å²) in [6.07, 6.45) is 0. The van der Waals surface area contributed by atoms with Crippen molar-refractivity contribution in [3.05, 3.63) is 65.7 Å². The molecule has 1 heterocycles. The summed E-state index contributed by atoms with van der Waals surface area (Å²) in [6, 6.07) is 17.6. The lowest BCUT2D eigenvalue weighted by Gasteiger charge is -2.34. The van der Waals surface area contributed by atoms with Gasteiger partial charge in [0.25, 0.3) is 5.91 Å². The lowest BCUT2D eigenvalue weighted by Crippen LogP contribution is -2.49. The van der Waals surface area contributed by atoms with E-state index in [4.69, 9.17) is 4.74 Å². The average Bonchev–Trinajstić information content (AvgIpc) is 2.73. The van der Waals surface area contributed by atoms with Crippen LogP contribution in [-0.4, -0.2) is 68.6 Å². The number of rotatable bonds is 9. The van der Waals surface area contributed by atoms with E-state index in [-0.39, 0.29) is 37.2 Å². The molecule has 1 fully saturated rings. The predicted molar refractivity (Wildman–Crippen MR) is 124 cm³/mol. The maximum Gasteiger partial charge on any atom is 0.257 e. The molecule has 170 valence electrons. The number of hydrogen-bond acceptors (Lipinski definition) is 5. The van der Waals surface area contributed by atoms with Crippen LogP contribution in [0, 0.1) is 6.92 Å². The molecule has 0 aliphatic carbocycles. The summed E-state index contributed by atoms with van der Waals surface area (Å²) in [5.41, 5.74) is 2.27. The van der Waals surface area contributed by atoms with Gasteiger partial charge in [0.05, 0.1) is 5.75 Å². The molecule has 1 aliphatic heterocycles. The number of halogens is 1. The highest BCUT2D eigenvalue weighted by Gasteiger charge is 2.26. The highest BCUT2D eigenvalue weighted by Crippen LogP contribution is 2.13. The van der Waals surface area contributed by atoms with Crippen LogP contribution in [0.2, 0.25) is 0 Å². The monoisotopic (exact) mass is 467 g/mol. The maximum absolute atomic E-state index is 12.6. The van der Waals surface area contributed by atoms with Gasteiger partial charge in [0.15, 0.2) is 6.61 Å². The molecule has 3 rings (SSSR count). The van der Waals surface area contributed by atoms with Crippen LogP contribution < -0.4 is 10.1 Å². The van der Waals surface area contributed by atoms with Crippen molar-refractivity contribution in [2.45, 2.75) is 13.5 Å². The van der Waals surface area contributed by atoms with Crippen LogP contribution in [0.4, 0.5) is 0 Å². The smallest absolute Gasteiger partial charge is 0.257 e. The normalized spacial score (nSPS) is 15.1. The number of aryl methyl sites for hydroxylation is 1. The predicted octanol–water partition coefficient (Wildman–Crippen LogP) is 2.06. The molecule has 0 saturated carbocycles. The van der Waals surface area contributed by atoms with Crippen LogP contribution in [0.3, 0.4) is 0 Å². The number of nitrogens with zero attached hydrogens (tertiary/aromatic N) is 2. The second-order valence-corrected chi connectivity index (χ2v) is 9.52. The third kappa shape index (κ3) is 8.14. The SMILES string of the molecule is Cc1cccc(OCC(=O)NCCS(=O)(=O)N2CCN(Cc3ccccc3)CC2)c1.Cl. The molecule has 9 heteroatoms. The Morgan fingerprint density at radius 1 is 1.03 bits per heavy atom. The molecule has 0 bridgehead atoms. The number of benzene rings is 2. The molecule has 2 aromatic carbocycles. The van der Waals surface area contributed by atoms with Gasteiger partial charge in [-0.05, 0) is 30.2 Å². The van der Waals surface area contributed by atoms with Gasteiger partial charge in [-0.15, -0.1) is 12.4 Å². The zero-order chi connectivity index (χ0) is 21.4. The molecule has 0 atom stereocenters. The van der Waals surface area contributed by atoms with Crippen molar-refractivity contribution in [2.24, 2.45) is 0 Å². The van der Waals surface area contributed by atoms with E-state index in [1.54, 1.807) is 6.07 Å². The Morgan fingerprint density at radius 3 is 2.42 bits per heavy atom. The molecule has 0 unspecified atom stereocenters. The van der Waals surface area contributed by atoms with Crippen LogP contribution in [0.15, 0.2) is 54.6 Å². The minimum absolute atomic E-state index is 0. The molecule has 31 heavy (non-hydrogen) atoms. The van der Waals surface area contributed by atoms with E-state index in [2.05, 4.69) is 22.3 Å². The first-order valence-corrected chi connectivity index (χ1v) is 11.7. The van der Waals surface area contributed by atoms with Gasteiger partial charge < -0.3 is 10.1 Å². The molecule has 1 aliphatic rings. The van der Waals surface area contributed by atoms with Crippen LogP contribution in [0.25, 0.3) is 0 Å². The fourth-order valence-corrected chi connectivity index (χ4v) is 4.70. The number of hydrogen-bond donors (Lipinski definition) is 1. The molecule has 1 N–H and O–H groups in total. The van der Waals surface area contributed by atoms with E-state index in [1.807, 2.05) is 43.3 Å². The van der Waals surface area contributed by atoms with Crippen molar-refractivity contribution in [3.63, 3.8) is 0 Å². The number of ether oxygens (including phenoxy) is 1. The van der Waals surface area contributed by atoms with Gasteiger partial charge in [0, 0.05) is 39.3 Å². The van der Waals surface area contributed by atoms with E-state index in [9.17, 15) is 13.2 Å². The van der Waals surface area contributed by atoms with Gasteiger partial charge in [-0.2, -0.15) is 4.31 Å². The molecule has 2 aromatic rings. The van der Waals surface area contributed by atoms with Crippen molar-refractivity contribution in [2.75, 3.05) is 45.1 Å². The maximum atomic E-state index is 12.6. The van der Waals surface area contributed by atoms with Crippen molar-refractivity contribution >= 4 is 28.3 Å². The third-order valence-corrected chi connectivity index (χ3v) is 6.89. The topological polar surface area (TPSA) is 78.9 Å². The summed E-state index contributed by atoms with van der Waals surface area (Å²) in [7, 11) is -3.40. The van der Waals surface area contributed by atoms with Crippen LogP contribution in [0.1, 0.15) is 11.1 Å². The Hall–Kier alpha value is -2.13. The first-order valence-electron chi connectivity index (χ1n) is 10.1. The summed E-state index contributed by atoms with van der Waals surface area (Å²) in [4.78, 5) is 14.2. The molecule has 0 spiro atoms. The minimum Gasteiger partial charge on any atom is -0.484 e. The van der Waals surface area contributed by atoms with Crippen LogP contribution >= 0.6 is 12.4 Å². The molecule has 1 amide bonds. The van der Waals surface area contributed by atoms with E-state index in [1.165, 1.54) is 9.87 Å². The largest absolute Gasteiger partial charge is 0.484 e. The summed E-state index contributed by atoms with van der Waals surface area (Å²) in [5, 5.41) is 2.62. The zero-order valence-corrected chi connectivity index (χ0v) is 19.3. The highest BCUT2D eigenvalue weighted by atomic mass is 35.5. The Kier molecular flexibility index (Phi) is 9.77. The van der Waals surface area contributed by atoms with E-state index < -0.39 is 10.0 Å².